The van der Waals surface area contributed by atoms with Gasteiger partial charge in [-0.2, -0.15) is 5.26 Å². The maximum absolute atomic E-state index is 12.0. The molecule has 1 aliphatic rings. The Morgan fingerprint density at radius 1 is 1.45 bits per heavy atom. The van der Waals surface area contributed by atoms with Crippen molar-refractivity contribution >= 4 is 15.7 Å². The standard InChI is InChI=1S/C13H17N3O3S/c14-8-11-3-4-13(12(15)7-11)20(17,18)16-5-6-19-9-10-1-2-10/h3-4,7,10,16H,1-2,5-6,9,15H2. The van der Waals surface area contributed by atoms with Crippen molar-refractivity contribution in [2.75, 3.05) is 25.5 Å². The molecule has 0 bridgehead atoms. The molecule has 2 rings (SSSR count). The van der Waals surface area contributed by atoms with Crippen LogP contribution in [-0.4, -0.2) is 28.2 Å². The number of rotatable bonds is 7. The van der Waals surface area contributed by atoms with Crippen LogP contribution in [0.2, 0.25) is 0 Å². The molecule has 0 aromatic heterocycles. The molecule has 0 radical (unpaired) electrons. The molecular weight excluding hydrogens is 278 g/mol. The molecule has 0 unspecified atom stereocenters. The summed E-state index contributed by atoms with van der Waals surface area (Å²) in [5.74, 6) is 0.653. The molecule has 108 valence electrons. The molecule has 1 aromatic carbocycles. The van der Waals surface area contributed by atoms with Crippen molar-refractivity contribution in [1.29, 1.82) is 5.26 Å². The first-order valence-corrected chi connectivity index (χ1v) is 7.88. The normalized spacial score (nSPS) is 14.9. The molecule has 0 heterocycles. The number of nitrogens with two attached hydrogens (primary N) is 1. The number of anilines is 1. The van der Waals surface area contributed by atoms with Crippen LogP contribution in [0.15, 0.2) is 23.1 Å². The van der Waals surface area contributed by atoms with Crippen LogP contribution in [0.3, 0.4) is 0 Å². The Morgan fingerprint density at radius 2 is 2.20 bits per heavy atom. The number of benzene rings is 1. The topological polar surface area (TPSA) is 105 Å². The van der Waals surface area contributed by atoms with Crippen molar-refractivity contribution in [3.8, 4) is 6.07 Å². The summed E-state index contributed by atoms with van der Waals surface area (Å²) in [5, 5.41) is 8.72. The molecule has 1 aromatic rings. The molecule has 1 aliphatic carbocycles. The van der Waals surface area contributed by atoms with Crippen LogP contribution in [0.5, 0.6) is 0 Å². The third-order valence-corrected chi connectivity index (χ3v) is 4.55. The van der Waals surface area contributed by atoms with E-state index in [2.05, 4.69) is 4.72 Å². The highest BCUT2D eigenvalue weighted by molar-refractivity contribution is 7.89. The van der Waals surface area contributed by atoms with E-state index in [0.29, 0.717) is 24.7 Å². The number of nitriles is 1. The van der Waals surface area contributed by atoms with E-state index in [1.807, 2.05) is 6.07 Å². The van der Waals surface area contributed by atoms with Crippen molar-refractivity contribution in [3.05, 3.63) is 23.8 Å². The summed E-state index contributed by atoms with van der Waals surface area (Å²) in [7, 11) is -3.67. The van der Waals surface area contributed by atoms with Gasteiger partial charge in [-0.05, 0) is 37.0 Å². The highest BCUT2D eigenvalue weighted by atomic mass is 32.2. The summed E-state index contributed by atoms with van der Waals surface area (Å²) in [5.41, 5.74) is 6.05. The predicted octanol–water partition coefficient (Wildman–Crippen LogP) is 0.845. The summed E-state index contributed by atoms with van der Waals surface area (Å²) in [4.78, 5) is -0.0151. The van der Waals surface area contributed by atoms with E-state index >= 15 is 0 Å². The van der Waals surface area contributed by atoms with E-state index in [1.54, 1.807) is 0 Å². The molecule has 3 N–H and O–H groups in total. The zero-order valence-electron chi connectivity index (χ0n) is 11.0. The third-order valence-electron chi connectivity index (χ3n) is 3.02. The summed E-state index contributed by atoms with van der Waals surface area (Å²) in [6.45, 7) is 1.24. The Labute approximate surface area is 118 Å². The Kier molecular flexibility index (Phi) is 4.60. The highest BCUT2D eigenvalue weighted by Crippen LogP contribution is 2.28. The number of nitrogen functional groups attached to an aromatic ring is 1. The van der Waals surface area contributed by atoms with Crippen LogP contribution in [0, 0.1) is 17.2 Å². The van der Waals surface area contributed by atoms with E-state index in [4.69, 9.17) is 15.7 Å². The van der Waals surface area contributed by atoms with Gasteiger partial charge in [0.2, 0.25) is 10.0 Å². The second-order valence-electron chi connectivity index (χ2n) is 4.78. The van der Waals surface area contributed by atoms with E-state index < -0.39 is 10.0 Å². The van der Waals surface area contributed by atoms with Gasteiger partial charge < -0.3 is 10.5 Å². The maximum atomic E-state index is 12.0. The number of ether oxygens (including phenoxy) is 1. The smallest absolute Gasteiger partial charge is 0.242 e. The summed E-state index contributed by atoms with van der Waals surface area (Å²) in [6.07, 6.45) is 2.40. The number of nitrogens with one attached hydrogen (secondary N) is 1. The predicted molar refractivity (Wildman–Crippen MR) is 74.3 cm³/mol. The average molecular weight is 295 g/mol. The van der Waals surface area contributed by atoms with Crippen LogP contribution in [0.4, 0.5) is 5.69 Å². The summed E-state index contributed by atoms with van der Waals surface area (Å²) in [6, 6.07) is 6.01. The molecule has 0 amide bonds. The van der Waals surface area contributed by atoms with Crippen molar-refractivity contribution in [3.63, 3.8) is 0 Å². The minimum absolute atomic E-state index is 0.0151. The first kappa shape index (κ1) is 14.8. The number of nitrogens with zero attached hydrogens (tertiary/aromatic N) is 1. The van der Waals surface area contributed by atoms with Crippen LogP contribution < -0.4 is 10.5 Å². The first-order valence-electron chi connectivity index (χ1n) is 6.40. The van der Waals surface area contributed by atoms with Crippen molar-refractivity contribution in [1.82, 2.24) is 4.72 Å². The lowest BCUT2D eigenvalue weighted by molar-refractivity contribution is 0.129. The van der Waals surface area contributed by atoms with Gasteiger partial charge in [-0.25, -0.2) is 13.1 Å². The molecule has 1 fully saturated rings. The molecule has 1 saturated carbocycles. The SMILES string of the molecule is N#Cc1ccc(S(=O)(=O)NCCOCC2CC2)c(N)c1. The van der Waals surface area contributed by atoms with Gasteiger partial charge in [0.15, 0.2) is 0 Å². The zero-order chi connectivity index (χ0) is 14.6. The van der Waals surface area contributed by atoms with Gasteiger partial charge in [0.25, 0.3) is 0 Å². The summed E-state index contributed by atoms with van der Waals surface area (Å²) < 4.78 is 31.9. The third kappa shape index (κ3) is 3.93. The van der Waals surface area contributed by atoms with Crippen LogP contribution in [0.1, 0.15) is 18.4 Å². The minimum Gasteiger partial charge on any atom is -0.398 e. The monoisotopic (exact) mass is 295 g/mol. The van der Waals surface area contributed by atoms with Crippen LogP contribution in [-0.2, 0) is 14.8 Å². The zero-order valence-corrected chi connectivity index (χ0v) is 11.8. The summed E-state index contributed by atoms with van der Waals surface area (Å²) >= 11 is 0. The van der Waals surface area contributed by atoms with Crippen molar-refractivity contribution in [2.45, 2.75) is 17.7 Å². The van der Waals surface area contributed by atoms with E-state index in [-0.39, 0.29) is 17.1 Å². The Bertz CT molecular complexity index is 618. The minimum atomic E-state index is -3.67. The van der Waals surface area contributed by atoms with Gasteiger partial charge in [-0.3, -0.25) is 0 Å². The molecule has 20 heavy (non-hydrogen) atoms. The number of hydrogen-bond acceptors (Lipinski definition) is 5. The van der Waals surface area contributed by atoms with Gasteiger partial charge in [-0.1, -0.05) is 0 Å². The van der Waals surface area contributed by atoms with Crippen molar-refractivity contribution < 1.29 is 13.2 Å². The van der Waals surface area contributed by atoms with Gasteiger partial charge in [-0.15, -0.1) is 0 Å². The average Bonchev–Trinajstić information content (AvgIpc) is 3.21. The lowest BCUT2D eigenvalue weighted by atomic mass is 10.2. The maximum Gasteiger partial charge on any atom is 0.242 e. The Morgan fingerprint density at radius 3 is 2.80 bits per heavy atom. The fourth-order valence-corrected chi connectivity index (χ4v) is 2.85. The number of sulfonamides is 1. The van der Waals surface area contributed by atoms with Crippen LogP contribution >= 0.6 is 0 Å². The fourth-order valence-electron chi connectivity index (χ4n) is 1.72. The first-order chi connectivity index (χ1) is 9.53. The fraction of sp³-hybridized carbons (Fsp3) is 0.462. The molecule has 7 heteroatoms. The Hall–Kier alpha value is -1.62. The molecule has 0 saturated heterocycles. The van der Waals surface area contributed by atoms with E-state index in [0.717, 1.165) is 0 Å². The molecular formula is C13H17N3O3S. The quantitative estimate of drug-likeness (QED) is 0.573. The highest BCUT2D eigenvalue weighted by Gasteiger charge is 2.21. The number of hydrogen-bond donors (Lipinski definition) is 2. The molecule has 0 aliphatic heterocycles. The van der Waals surface area contributed by atoms with Crippen LogP contribution in [0.25, 0.3) is 0 Å². The second-order valence-corrected chi connectivity index (χ2v) is 6.52. The lowest BCUT2D eigenvalue weighted by Gasteiger charge is -2.09. The molecule has 0 atom stereocenters. The van der Waals surface area contributed by atoms with Gasteiger partial charge in [0, 0.05) is 13.2 Å². The molecule has 0 spiro atoms. The van der Waals surface area contributed by atoms with Gasteiger partial charge in [0.05, 0.1) is 23.9 Å². The molecule has 6 nitrogen and oxygen atoms in total. The van der Waals surface area contributed by atoms with Gasteiger partial charge in [0.1, 0.15) is 4.90 Å². The van der Waals surface area contributed by atoms with E-state index in [1.165, 1.54) is 31.0 Å². The van der Waals surface area contributed by atoms with Gasteiger partial charge >= 0.3 is 0 Å². The largest absolute Gasteiger partial charge is 0.398 e. The Balaban J connectivity index is 1.90. The lowest BCUT2D eigenvalue weighted by Crippen LogP contribution is -2.28. The van der Waals surface area contributed by atoms with Crippen molar-refractivity contribution in [2.24, 2.45) is 5.92 Å². The van der Waals surface area contributed by atoms with E-state index in [9.17, 15) is 8.42 Å². The second kappa shape index (κ2) is 6.22.